The molecule has 3 rings (SSSR count). The van der Waals surface area contributed by atoms with Gasteiger partial charge in [0.1, 0.15) is 0 Å². The van der Waals surface area contributed by atoms with Gasteiger partial charge in [-0.15, -0.1) is 0 Å². The molecule has 0 radical (unpaired) electrons. The predicted octanol–water partition coefficient (Wildman–Crippen LogP) is 5.96. The van der Waals surface area contributed by atoms with Crippen LogP contribution in [0.15, 0.2) is 39.8 Å². The summed E-state index contributed by atoms with van der Waals surface area (Å²) in [4.78, 5) is 30.9. The topological polar surface area (TPSA) is 58.9 Å². The van der Waals surface area contributed by atoms with E-state index in [0.29, 0.717) is 11.8 Å². The van der Waals surface area contributed by atoms with Gasteiger partial charge in [0.15, 0.2) is 0 Å². The molecule has 0 heterocycles. The SMILES string of the molecule is CC(C)C1=Cc2c(C(C)C)cc(C(C)C)c3cccc(c23)C1(N=C=O)N=C=O. The Bertz CT molecular complexity index is 1050. The summed E-state index contributed by atoms with van der Waals surface area (Å²) in [6, 6.07) is 8.25. The maximum Gasteiger partial charge on any atom is 0.238 e. The number of benzene rings is 2. The van der Waals surface area contributed by atoms with Gasteiger partial charge in [-0.25, -0.2) is 9.59 Å². The zero-order valence-electron chi connectivity index (χ0n) is 17.3. The van der Waals surface area contributed by atoms with Crippen molar-refractivity contribution < 1.29 is 9.59 Å². The van der Waals surface area contributed by atoms with Gasteiger partial charge in [0, 0.05) is 5.56 Å². The third kappa shape index (κ3) is 2.86. The molecule has 1 aliphatic rings. The number of hydrogen-bond donors (Lipinski definition) is 0. The fourth-order valence-corrected chi connectivity index (χ4v) is 4.34. The smallest absolute Gasteiger partial charge is 0.211 e. The van der Waals surface area contributed by atoms with Crippen molar-refractivity contribution in [3.05, 3.63) is 52.1 Å². The van der Waals surface area contributed by atoms with Crippen LogP contribution in [0.3, 0.4) is 0 Å². The van der Waals surface area contributed by atoms with Gasteiger partial charge in [0.25, 0.3) is 0 Å². The van der Waals surface area contributed by atoms with Crippen molar-refractivity contribution in [3.8, 4) is 0 Å². The normalized spacial score (nSPS) is 18.2. The van der Waals surface area contributed by atoms with Gasteiger partial charge >= 0.3 is 0 Å². The van der Waals surface area contributed by atoms with Gasteiger partial charge in [-0.2, -0.15) is 9.98 Å². The van der Waals surface area contributed by atoms with Crippen molar-refractivity contribution in [3.63, 3.8) is 0 Å². The minimum Gasteiger partial charge on any atom is -0.211 e. The monoisotopic (exact) mass is 374 g/mol. The second kappa shape index (κ2) is 7.31. The van der Waals surface area contributed by atoms with Crippen LogP contribution in [0.25, 0.3) is 16.8 Å². The van der Waals surface area contributed by atoms with E-state index in [0.717, 1.165) is 27.5 Å². The molecule has 2 aromatic carbocycles. The molecule has 0 bridgehead atoms. The average Bonchev–Trinajstić information content (AvgIpc) is 2.63. The molecular formula is C24H26N2O2. The largest absolute Gasteiger partial charge is 0.238 e. The summed E-state index contributed by atoms with van der Waals surface area (Å²) in [6.07, 6.45) is 5.39. The van der Waals surface area contributed by atoms with E-state index in [1.54, 1.807) is 12.2 Å². The summed E-state index contributed by atoms with van der Waals surface area (Å²) < 4.78 is 0. The first kappa shape index (κ1) is 19.9. The van der Waals surface area contributed by atoms with E-state index in [-0.39, 0.29) is 5.92 Å². The van der Waals surface area contributed by atoms with Crippen LogP contribution in [-0.4, -0.2) is 12.2 Å². The van der Waals surface area contributed by atoms with E-state index < -0.39 is 5.66 Å². The Kier molecular flexibility index (Phi) is 5.21. The molecular weight excluding hydrogens is 348 g/mol. The van der Waals surface area contributed by atoms with Crippen LogP contribution in [-0.2, 0) is 15.3 Å². The van der Waals surface area contributed by atoms with Crippen LogP contribution in [0, 0.1) is 5.92 Å². The molecule has 144 valence electrons. The highest BCUT2D eigenvalue weighted by molar-refractivity contribution is 6.00. The standard InChI is InChI=1S/C24H26N2O2/c1-14(2)18-10-19(15(3)4)20-11-22(16(5)6)24(25-12-27,26-13-28)21-9-7-8-17(18)23(20)21/h7-11,14-16H,1-6H3. The lowest BCUT2D eigenvalue weighted by molar-refractivity contribution is 0.479. The van der Waals surface area contributed by atoms with E-state index in [2.05, 4.69) is 55.9 Å². The van der Waals surface area contributed by atoms with Crippen molar-refractivity contribution in [2.24, 2.45) is 15.9 Å². The third-order valence-electron chi connectivity index (χ3n) is 5.63. The Hall–Kier alpha value is -2.80. The van der Waals surface area contributed by atoms with Crippen molar-refractivity contribution in [1.82, 2.24) is 0 Å². The van der Waals surface area contributed by atoms with E-state index in [1.807, 2.05) is 26.0 Å². The number of hydrogen-bond acceptors (Lipinski definition) is 4. The average molecular weight is 374 g/mol. The second-order valence-corrected chi connectivity index (χ2v) is 8.34. The van der Waals surface area contributed by atoms with Crippen molar-refractivity contribution in [1.29, 1.82) is 0 Å². The first-order valence-electron chi connectivity index (χ1n) is 9.78. The molecule has 4 heteroatoms. The summed E-state index contributed by atoms with van der Waals surface area (Å²) in [7, 11) is 0. The molecule has 0 aromatic heterocycles. The number of isocyanates is 2. The van der Waals surface area contributed by atoms with Gasteiger partial charge in [-0.05, 0) is 56.9 Å². The molecule has 0 spiro atoms. The summed E-state index contributed by atoms with van der Waals surface area (Å²) in [5, 5.41) is 2.12. The maximum absolute atomic E-state index is 11.4. The minimum atomic E-state index is -1.39. The Balaban J connectivity index is 2.63. The number of nitrogens with zero attached hydrogens (tertiary/aromatic N) is 2. The zero-order chi connectivity index (χ0) is 20.6. The molecule has 2 aromatic rings. The third-order valence-corrected chi connectivity index (χ3v) is 5.63. The molecule has 0 amide bonds. The highest BCUT2D eigenvalue weighted by Crippen LogP contribution is 2.50. The Morgan fingerprint density at radius 3 is 1.96 bits per heavy atom. The van der Waals surface area contributed by atoms with Gasteiger partial charge < -0.3 is 0 Å². The van der Waals surface area contributed by atoms with E-state index in [9.17, 15) is 9.59 Å². The first-order chi connectivity index (χ1) is 13.3. The first-order valence-corrected chi connectivity index (χ1v) is 9.78. The molecule has 28 heavy (non-hydrogen) atoms. The summed E-state index contributed by atoms with van der Waals surface area (Å²) in [5.74, 6) is 0.685. The van der Waals surface area contributed by atoms with Gasteiger partial charge in [-0.1, -0.05) is 65.8 Å². The lowest BCUT2D eigenvalue weighted by Gasteiger charge is -2.35. The molecule has 4 nitrogen and oxygen atoms in total. The number of rotatable bonds is 5. The van der Waals surface area contributed by atoms with E-state index >= 15 is 0 Å². The Morgan fingerprint density at radius 2 is 1.46 bits per heavy atom. The zero-order valence-corrected chi connectivity index (χ0v) is 17.3. The van der Waals surface area contributed by atoms with Crippen LogP contribution >= 0.6 is 0 Å². The summed E-state index contributed by atoms with van der Waals surface area (Å²) in [5.41, 5.74) is 3.78. The molecule has 0 fully saturated rings. The van der Waals surface area contributed by atoms with E-state index in [4.69, 9.17) is 0 Å². The fraction of sp³-hybridized carbons (Fsp3) is 0.417. The van der Waals surface area contributed by atoms with Crippen LogP contribution in [0.4, 0.5) is 0 Å². The molecule has 0 aliphatic heterocycles. The van der Waals surface area contributed by atoms with Crippen molar-refractivity contribution in [2.45, 2.75) is 59.0 Å². The highest BCUT2D eigenvalue weighted by atomic mass is 16.1. The number of carbonyl (C=O) groups excluding carboxylic acids is 2. The molecule has 0 atom stereocenters. The lowest BCUT2D eigenvalue weighted by Crippen LogP contribution is -2.30. The predicted molar refractivity (Wildman–Crippen MR) is 113 cm³/mol. The Labute approximate surface area is 166 Å². The summed E-state index contributed by atoms with van der Waals surface area (Å²) in [6.45, 7) is 12.7. The van der Waals surface area contributed by atoms with Crippen LogP contribution in [0.5, 0.6) is 0 Å². The van der Waals surface area contributed by atoms with Gasteiger partial charge in [-0.3, -0.25) is 0 Å². The fourth-order valence-electron chi connectivity index (χ4n) is 4.34. The lowest BCUT2D eigenvalue weighted by atomic mass is 9.73. The maximum atomic E-state index is 11.4. The molecule has 0 N–H and O–H groups in total. The van der Waals surface area contributed by atoms with Gasteiger partial charge in [0.05, 0.1) is 0 Å². The second-order valence-electron chi connectivity index (χ2n) is 8.34. The van der Waals surface area contributed by atoms with E-state index in [1.165, 1.54) is 11.1 Å². The highest BCUT2D eigenvalue weighted by Gasteiger charge is 2.42. The van der Waals surface area contributed by atoms with Gasteiger partial charge in [0.2, 0.25) is 17.8 Å². The van der Waals surface area contributed by atoms with Crippen LogP contribution in [0.1, 0.15) is 75.6 Å². The number of aliphatic imine (C=N–C) groups is 2. The van der Waals surface area contributed by atoms with Crippen LogP contribution < -0.4 is 0 Å². The molecule has 0 saturated heterocycles. The minimum absolute atomic E-state index is 0.0300. The molecule has 1 aliphatic carbocycles. The van der Waals surface area contributed by atoms with Crippen molar-refractivity contribution >= 4 is 29.0 Å². The Morgan fingerprint density at radius 1 is 0.857 bits per heavy atom. The van der Waals surface area contributed by atoms with Crippen LogP contribution in [0.2, 0.25) is 0 Å². The van der Waals surface area contributed by atoms with Crippen molar-refractivity contribution in [2.75, 3.05) is 0 Å². The summed E-state index contributed by atoms with van der Waals surface area (Å²) >= 11 is 0. The molecule has 0 saturated carbocycles. The quantitative estimate of drug-likeness (QED) is 0.478. The molecule has 0 unspecified atom stereocenters.